The SMILES string of the molecule is C[C@@H]1CCc2c(sc3ncnc(SCC(=O)N[C@@H](C)C4CC4)c23)C1. The van der Waals surface area contributed by atoms with Crippen LogP contribution in [-0.2, 0) is 17.6 Å². The average Bonchev–Trinajstić information content (AvgIpc) is 3.34. The van der Waals surface area contributed by atoms with Gasteiger partial charge in [0.1, 0.15) is 16.2 Å². The van der Waals surface area contributed by atoms with Gasteiger partial charge in [-0.2, -0.15) is 0 Å². The average molecular weight is 362 g/mol. The number of hydrogen-bond donors (Lipinski definition) is 1. The summed E-state index contributed by atoms with van der Waals surface area (Å²) in [5.74, 6) is 1.99. The maximum absolute atomic E-state index is 12.2. The third kappa shape index (κ3) is 3.31. The minimum Gasteiger partial charge on any atom is -0.353 e. The van der Waals surface area contributed by atoms with E-state index in [4.69, 9.17) is 0 Å². The van der Waals surface area contributed by atoms with Crippen LogP contribution >= 0.6 is 23.1 Å². The Balaban J connectivity index is 1.50. The zero-order chi connectivity index (χ0) is 16.7. The lowest BCUT2D eigenvalue weighted by Crippen LogP contribution is -2.35. The normalized spacial score (nSPS) is 21.5. The molecule has 2 heterocycles. The largest absolute Gasteiger partial charge is 0.353 e. The molecule has 24 heavy (non-hydrogen) atoms. The number of thioether (sulfide) groups is 1. The lowest BCUT2D eigenvalue weighted by Gasteiger charge is -2.18. The first-order chi connectivity index (χ1) is 11.6. The number of carbonyl (C=O) groups excluding carboxylic acids is 1. The highest BCUT2D eigenvalue weighted by Crippen LogP contribution is 2.40. The summed E-state index contributed by atoms with van der Waals surface area (Å²) in [6.45, 7) is 4.43. The lowest BCUT2D eigenvalue weighted by atomic mass is 9.89. The third-order valence-corrected chi connectivity index (χ3v) is 7.27. The van der Waals surface area contributed by atoms with Gasteiger partial charge in [0.25, 0.3) is 0 Å². The first-order valence-corrected chi connectivity index (χ1v) is 10.6. The van der Waals surface area contributed by atoms with Crippen molar-refractivity contribution >= 4 is 39.2 Å². The Morgan fingerprint density at radius 2 is 2.25 bits per heavy atom. The first-order valence-electron chi connectivity index (χ1n) is 8.79. The lowest BCUT2D eigenvalue weighted by molar-refractivity contribution is -0.119. The molecule has 2 aliphatic carbocycles. The van der Waals surface area contributed by atoms with E-state index < -0.39 is 0 Å². The molecule has 2 aliphatic rings. The van der Waals surface area contributed by atoms with Gasteiger partial charge in [0.05, 0.1) is 5.75 Å². The van der Waals surface area contributed by atoms with Crippen molar-refractivity contribution in [3.63, 3.8) is 0 Å². The summed E-state index contributed by atoms with van der Waals surface area (Å²) in [6.07, 6.45) is 7.64. The molecule has 1 fully saturated rings. The van der Waals surface area contributed by atoms with Crippen molar-refractivity contribution in [2.24, 2.45) is 11.8 Å². The van der Waals surface area contributed by atoms with Gasteiger partial charge < -0.3 is 5.32 Å². The number of carbonyl (C=O) groups is 1. The van der Waals surface area contributed by atoms with E-state index in [1.807, 2.05) is 11.3 Å². The van der Waals surface area contributed by atoms with Crippen LogP contribution in [-0.4, -0.2) is 27.7 Å². The quantitative estimate of drug-likeness (QED) is 0.650. The maximum atomic E-state index is 12.2. The molecule has 0 unspecified atom stereocenters. The van der Waals surface area contributed by atoms with Gasteiger partial charge in [0.2, 0.25) is 5.91 Å². The Morgan fingerprint density at radius 3 is 3.04 bits per heavy atom. The Kier molecular flexibility index (Phi) is 4.52. The number of rotatable bonds is 5. The van der Waals surface area contributed by atoms with E-state index in [2.05, 4.69) is 29.1 Å². The molecule has 0 spiro atoms. The molecule has 6 heteroatoms. The number of aromatic nitrogens is 2. The van der Waals surface area contributed by atoms with Crippen molar-refractivity contribution in [3.8, 4) is 0 Å². The molecule has 1 amide bonds. The van der Waals surface area contributed by atoms with Gasteiger partial charge in [-0.3, -0.25) is 4.79 Å². The van der Waals surface area contributed by atoms with Gasteiger partial charge in [-0.15, -0.1) is 11.3 Å². The van der Waals surface area contributed by atoms with Crippen molar-refractivity contribution in [2.45, 2.75) is 57.0 Å². The predicted molar refractivity (Wildman–Crippen MR) is 99.7 cm³/mol. The van der Waals surface area contributed by atoms with Crippen LogP contribution in [0.1, 0.15) is 43.6 Å². The van der Waals surface area contributed by atoms with Crippen molar-refractivity contribution in [3.05, 3.63) is 16.8 Å². The van der Waals surface area contributed by atoms with Crippen LogP contribution in [0.4, 0.5) is 0 Å². The van der Waals surface area contributed by atoms with E-state index in [1.165, 1.54) is 35.1 Å². The summed E-state index contributed by atoms with van der Waals surface area (Å²) in [5.41, 5.74) is 1.43. The van der Waals surface area contributed by atoms with Crippen LogP contribution in [0, 0.1) is 11.8 Å². The number of fused-ring (bicyclic) bond motifs is 3. The third-order valence-electron chi connectivity index (χ3n) is 5.11. The van der Waals surface area contributed by atoms with E-state index >= 15 is 0 Å². The summed E-state index contributed by atoms with van der Waals surface area (Å²) in [6, 6.07) is 0.305. The Hall–Kier alpha value is -1.14. The fourth-order valence-corrected chi connectivity index (χ4v) is 5.75. The highest BCUT2D eigenvalue weighted by molar-refractivity contribution is 8.00. The second-order valence-electron chi connectivity index (χ2n) is 7.19. The fraction of sp³-hybridized carbons (Fsp3) is 0.611. The molecule has 4 nitrogen and oxygen atoms in total. The first kappa shape index (κ1) is 16.3. The molecule has 0 aromatic carbocycles. The second-order valence-corrected chi connectivity index (χ2v) is 9.24. The highest BCUT2D eigenvalue weighted by atomic mass is 32.2. The van der Waals surface area contributed by atoms with Crippen molar-refractivity contribution in [1.29, 1.82) is 0 Å². The molecule has 0 bridgehead atoms. The Labute approximate surface area is 150 Å². The van der Waals surface area contributed by atoms with Crippen molar-refractivity contribution in [2.75, 3.05) is 5.75 Å². The molecule has 1 saturated carbocycles. The monoisotopic (exact) mass is 361 g/mol. The molecule has 2 aromatic rings. The molecule has 0 aliphatic heterocycles. The van der Waals surface area contributed by atoms with Crippen molar-refractivity contribution in [1.82, 2.24) is 15.3 Å². The smallest absolute Gasteiger partial charge is 0.230 e. The molecule has 0 saturated heterocycles. The van der Waals surface area contributed by atoms with E-state index in [0.29, 0.717) is 17.7 Å². The van der Waals surface area contributed by atoms with Gasteiger partial charge in [0.15, 0.2) is 0 Å². The summed E-state index contributed by atoms with van der Waals surface area (Å²) >= 11 is 3.36. The summed E-state index contributed by atoms with van der Waals surface area (Å²) < 4.78 is 0. The van der Waals surface area contributed by atoms with Gasteiger partial charge >= 0.3 is 0 Å². The number of nitrogens with one attached hydrogen (secondary N) is 1. The zero-order valence-corrected chi connectivity index (χ0v) is 15.8. The minimum atomic E-state index is 0.115. The van der Waals surface area contributed by atoms with Gasteiger partial charge in [-0.05, 0) is 56.4 Å². The Morgan fingerprint density at radius 1 is 1.42 bits per heavy atom. The second kappa shape index (κ2) is 6.64. The Bertz CT molecular complexity index is 769. The predicted octanol–water partition coefficient (Wildman–Crippen LogP) is 3.82. The topological polar surface area (TPSA) is 54.9 Å². The molecule has 2 aromatic heterocycles. The van der Waals surface area contributed by atoms with Gasteiger partial charge in [-0.1, -0.05) is 18.7 Å². The summed E-state index contributed by atoms with van der Waals surface area (Å²) in [4.78, 5) is 23.7. The molecule has 128 valence electrons. The molecule has 1 N–H and O–H groups in total. The van der Waals surface area contributed by atoms with E-state index in [0.717, 1.165) is 28.6 Å². The molecule has 0 radical (unpaired) electrons. The van der Waals surface area contributed by atoms with Crippen molar-refractivity contribution < 1.29 is 4.79 Å². The molecular weight excluding hydrogens is 338 g/mol. The minimum absolute atomic E-state index is 0.115. The molecular formula is C18H23N3OS2. The zero-order valence-electron chi connectivity index (χ0n) is 14.2. The van der Waals surface area contributed by atoms with E-state index in [9.17, 15) is 4.79 Å². The van der Waals surface area contributed by atoms with Crippen LogP contribution < -0.4 is 5.32 Å². The highest BCUT2D eigenvalue weighted by Gasteiger charge is 2.29. The van der Waals surface area contributed by atoms with Crippen LogP contribution in [0.25, 0.3) is 10.2 Å². The van der Waals surface area contributed by atoms with Gasteiger partial charge in [0, 0.05) is 16.3 Å². The fourth-order valence-electron chi connectivity index (χ4n) is 3.50. The number of amides is 1. The maximum Gasteiger partial charge on any atom is 0.230 e. The number of aryl methyl sites for hydroxylation is 1. The van der Waals surface area contributed by atoms with Crippen LogP contribution in [0.2, 0.25) is 0 Å². The van der Waals surface area contributed by atoms with Crippen LogP contribution in [0.15, 0.2) is 11.4 Å². The van der Waals surface area contributed by atoms with E-state index in [-0.39, 0.29) is 5.91 Å². The summed E-state index contributed by atoms with van der Waals surface area (Å²) in [5, 5.41) is 5.30. The van der Waals surface area contributed by atoms with Gasteiger partial charge in [-0.25, -0.2) is 9.97 Å². The number of hydrogen-bond acceptors (Lipinski definition) is 5. The molecule has 2 atom stereocenters. The summed E-state index contributed by atoms with van der Waals surface area (Å²) in [7, 11) is 0. The van der Waals surface area contributed by atoms with Crippen LogP contribution in [0.5, 0.6) is 0 Å². The van der Waals surface area contributed by atoms with E-state index in [1.54, 1.807) is 18.1 Å². The standard InChI is InChI=1S/C18H23N3OS2/c1-10-3-6-13-14(7-10)24-18-16(13)17(19-9-20-18)23-8-15(22)21-11(2)12-4-5-12/h9-12H,3-8H2,1-2H3,(H,21,22)/t10-,11+/m1/s1. The van der Waals surface area contributed by atoms with Crippen LogP contribution in [0.3, 0.4) is 0 Å². The number of nitrogens with zero attached hydrogens (tertiary/aromatic N) is 2. The number of thiophene rings is 1. The molecule has 4 rings (SSSR count).